The van der Waals surface area contributed by atoms with Gasteiger partial charge in [-0.05, 0) is 31.9 Å². The summed E-state index contributed by atoms with van der Waals surface area (Å²) in [7, 11) is 0. The fourth-order valence-electron chi connectivity index (χ4n) is 1.19. The molecule has 0 aliphatic heterocycles. The first kappa shape index (κ1) is 10.3. The highest BCUT2D eigenvalue weighted by molar-refractivity contribution is 6.31. The third kappa shape index (κ3) is 2.24. The van der Waals surface area contributed by atoms with E-state index in [1.165, 1.54) is 12.1 Å². The van der Waals surface area contributed by atoms with Gasteiger partial charge < -0.3 is 5.73 Å². The van der Waals surface area contributed by atoms with Crippen molar-refractivity contribution in [2.24, 2.45) is 5.41 Å². The van der Waals surface area contributed by atoms with Crippen LogP contribution in [0.25, 0.3) is 0 Å². The minimum atomic E-state index is -0.497. The van der Waals surface area contributed by atoms with E-state index in [1.807, 2.05) is 0 Å². The third-order valence-electron chi connectivity index (χ3n) is 2.59. The largest absolute Gasteiger partial charge is 0.396 e. The van der Waals surface area contributed by atoms with Crippen LogP contribution in [0.15, 0.2) is 12.1 Å². The normalized spacial score (nSPS) is 16.7. The van der Waals surface area contributed by atoms with E-state index < -0.39 is 5.82 Å². The molecule has 0 radical (unpaired) electrons. The smallest absolute Gasteiger partial charge is 0.147 e. The molecule has 0 aromatic heterocycles. The zero-order valence-corrected chi connectivity index (χ0v) is 9.16. The lowest BCUT2D eigenvalue weighted by Crippen LogP contribution is -1.93. The Bertz CT molecular complexity index is 466. The van der Waals surface area contributed by atoms with Crippen LogP contribution in [0.4, 0.5) is 10.1 Å². The van der Waals surface area contributed by atoms with Crippen LogP contribution < -0.4 is 5.73 Å². The van der Waals surface area contributed by atoms with Crippen LogP contribution >= 0.6 is 11.6 Å². The highest BCUT2D eigenvalue weighted by Crippen LogP contribution is 2.44. The molecule has 0 atom stereocenters. The van der Waals surface area contributed by atoms with E-state index in [-0.39, 0.29) is 11.1 Å². The lowest BCUT2D eigenvalue weighted by molar-refractivity contribution is 0.632. The number of halogens is 2. The average Bonchev–Trinajstić information content (AvgIpc) is 2.89. The highest BCUT2D eigenvalue weighted by Gasteiger charge is 2.35. The van der Waals surface area contributed by atoms with Gasteiger partial charge in [0.05, 0.1) is 10.7 Å². The van der Waals surface area contributed by atoms with Gasteiger partial charge in [-0.1, -0.05) is 23.4 Å². The molecule has 3 heteroatoms. The Morgan fingerprint density at radius 1 is 1.47 bits per heavy atom. The maximum atomic E-state index is 13.0. The van der Waals surface area contributed by atoms with E-state index in [4.69, 9.17) is 17.3 Å². The van der Waals surface area contributed by atoms with Gasteiger partial charge in [0.2, 0.25) is 0 Å². The fourth-order valence-corrected chi connectivity index (χ4v) is 1.39. The Labute approximate surface area is 93.4 Å². The van der Waals surface area contributed by atoms with Crippen molar-refractivity contribution in [2.45, 2.75) is 19.8 Å². The van der Waals surface area contributed by atoms with Crippen molar-refractivity contribution in [2.75, 3.05) is 5.73 Å². The van der Waals surface area contributed by atoms with Crippen molar-refractivity contribution in [1.82, 2.24) is 0 Å². The minimum Gasteiger partial charge on any atom is -0.396 e. The van der Waals surface area contributed by atoms with Crippen LogP contribution in [-0.2, 0) is 0 Å². The lowest BCUT2D eigenvalue weighted by Gasteiger charge is -2.00. The zero-order valence-electron chi connectivity index (χ0n) is 8.40. The van der Waals surface area contributed by atoms with Gasteiger partial charge in [-0.2, -0.15) is 0 Å². The van der Waals surface area contributed by atoms with Crippen molar-refractivity contribution >= 4 is 17.3 Å². The summed E-state index contributed by atoms with van der Waals surface area (Å²) >= 11 is 5.85. The summed E-state index contributed by atoms with van der Waals surface area (Å²) in [6.45, 7) is 2.10. The quantitative estimate of drug-likeness (QED) is 0.531. The van der Waals surface area contributed by atoms with Crippen molar-refractivity contribution in [3.05, 3.63) is 28.5 Å². The van der Waals surface area contributed by atoms with Gasteiger partial charge in [-0.25, -0.2) is 4.39 Å². The molecular weight excluding hydrogens is 213 g/mol. The molecule has 0 amide bonds. The predicted octanol–water partition coefficient (Wildman–Crippen LogP) is 3.21. The molecule has 15 heavy (non-hydrogen) atoms. The predicted molar refractivity (Wildman–Crippen MR) is 60.0 cm³/mol. The van der Waals surface area contributed by atoms with Crippen LogP contribution in [0.5, 0.6) is 0 Å². The van der Waals surface area contributed by atoms with Crippen molar-refractivity contribution in [3.63, 3.8) is 0 Å². The number of hydrogen-bond donors (Lipinski definition) is 1. The maximum absolute atomic E-state index is 13.0. The molecule has 1 aromatic carbocycles. The maximum Gasteiger partial charge on any atom is 0.147 e. The van der Waals surface area contributed by atoms with Gasteiger partial charge in [0.1, 0.15) is 5.82 Å². The summed E-state index contributed by atoms with van der Waals surface area (Å²) in [6, 6.07) is 2.69. The SMILES string of the molecule is CC1(C#Cc2cc(N)c(F)cc2Cl)CC1. The summed E-state index contributed by atoms with van der Waals surface area (Å²) in [4.78, 5) is 0. The number of rotatable bonds is 0. The van der Waals surface area contributed by atoms with Crippen LogP contribution in [-0.4, -0.2) is 0 Å². The average molecular weight is 224 g/mol. The highest BCUT2D eigenvalue weighted by atomic mass is 35.5. The number of hydrogen-bond acceptors (Lipinski definition) is 1. The van der Waals surface area contributed by atoms with Gasteiger partial charge in [0.25, 0.3) is 0 Å². The number of nitrogens with two attached hydrogens (primary N) is 1. The molecule has 2 N–H and O–H groups in total. The van der Waals surface area contributed by atoms with Gasteiger partial charge >= 0.3 is 0 Å². The topological polar surface area (TPSA) is 26.0 Å². The summed E-state index contributed by atoms with van der Waals surface area (Å²) in [5.41, 5.74) is 6.26. The second kappa shape index (κ2) is 3.43. The van der Waals surface area contributed by atoms with Crippen molar-refractivity contribution in [1.29, 1.82) is 0 Å². The first-order chi connectivity index (χ1) is 7.00. The Hall–Kier alpha value is -1.20. The Morgan fingerprint density at radius 2 is 2.13 bits per heavy atom. The van der Waals surface area contributed by atoms with Gasteiger partial charge in [-0.15, -0.1) is 0 Å². The number of nitrogen functional groups attached to an aromatic ring is 1. The summed E-state index contributed by atoms with van der Waals surface area (Å²) in [5, 5.41) is 0.318. The Kier molecular flexibility index (Phi) is 2.36. The molecule has 0 saturated heterocycles. The molecule has 0 heterocycles. The van der Waals surface area contributed by atoms with E-state index in [1.54, 1.807) is 0 Å². The molecule has 1 fully saturated rings. The van der Waals surface area contributed by atoms with Gasteiger partial charge in [0.15, 0.2) is 0 Å². The molecule has 1 aliphatic carbocycles. The van der Waals surface area contributed by atoms with Crippen molar-refractivity contribution < 1.29 is 4.39 Å². The van der Waals surface area contributed by atoms with E-state index in [9.17, 15) is 4.39 Å². The lowest BCUT2D eigenvalue weighted by atomic mass is 10.1. The molecular formula is C12H11ClFN. The monoisotopic (exact) mass is 223 g/mol. The third-order valence-corrected chi connectivity index (χ3v) is 2.90. The van der Waals surface area contributed by atoms with Crippen LogP contribution in [0.3, 0.4) is 0 Å². The summed E-state index contributed by atoms with van der Waals surface area (Å²) in [6.07, 6.45) is 2.24. The second-order valence-electron chi connectivity index (χ2n) is 4.16. The van der Waals surface area contributed by atoms with Gasteiger partial charge in [-0.3, -0.25) is 0 Å². The summed E-state index contributed by atoms with van der Waals surface area (Å²) in [5.74, 6) is 5.58. The van der Waals surface area contributed by atoms with Crippen molar-refractivity contribution in [3.8, 4) is 11.8 Å². The Morgan fingerprint density at radius 3 is 2.73 bits per heavy atom. The van der Waals surface area contributed by atoms with Crippen LogP contribution in [0.1, 0.15) is 25.3 Å². The van der Waals surface area contributed by atoms with E-state index >= 15 is 0 Å². The molecule has 1 aliphatic rings. The molecule has 0 unspecified atom stereocenters. The molecule has 2 rings (SSSR count). The molecule has 0 spiro atoms. The van der Waals surface area contributed by atoms with Crippen LogP contribution in [0, 0.1) is 23.1 Å². The first-order valence-corrected chi connectivity index (χ1v) is 5.16. The molecule has 1 saturated carbocycles. The summed E-state index contributed by atoms with van der Waals surface area (Å²) < 4.78 is 13.0. The number of anilines is 1. The van der Waals surface area contributed by atoms with Gasteiger partial charge in [0, 0.05) is 11.0 Å². The molecule has 78 valence electrons. The number of benzene rings is 1. The standard InChI is InChI=1S/C12H11ClFN/c1-12(4-5-12)3-2-8-6-11(15)10(14)7-9(8)13/h6-7H,4-5,15H2,1H3. The molecule has 0 bridgehead atoms. The fraction of sp³-hybridized carbons (Fsp3) is 0.333. The Balaban J connectivity index is 2.35. The second-order valence-corrected chi connectivity index (χ2v) is 4.57. The molecule has 1 aromatic rings. The first-order valence-electron chi connectivity index (χ1n) is 4.78. The molecule has 1 nitrogen and oxygen atoms in total. The van der Waals surface area contributed by atoms with E-state index in [0.29, 0.717) is 10.6 Å². The van der Waals surface area contributed by atoms with E-state index in [2.05, 4.69) is 18.8 Å². The zero-order chi connectivity index (χ0) is 11.1. The van der Waals surface area contributed by atoms with Crippen LogP contribution in [0.2, 0.25) is 5.02 Å². The minimum absolute atomic E-state index is 0.0876. The van der Waals surface area contributed by atoms with E-state index in [0.717, 1.165) is 12.8 Å².